The summed E-state index contributed by atoms with van der Waals surface area (Å²) in [5.41, 5.74) is 0.448. The Morgan fingerprint density at radius 3 is 2.48 bits per heavy atom. The average Bonchev–Trinajstić information content (AvgIpc) is 2.69. The number of hydrogen-bond donors (Lipinski definition) is 2. The van der Waals surface area contributed by atoms with Crippen molar-refractivity contribution >= 4 is 11.8 Å². The number of benzene rings is 1. The number of carbonyl (C=O) groups is 2. The molecule has 6 heteroatoms. The Morgan fingerprint density at radius 2 is 1.89 bits per heavy atom. The topological polar surface area (TPSA) is 70.7 Å². The van der Waals surface area contributed by atoms with Gasteiger partial charge >= 0.3 is 0 Å². The van der Waals surface area contributed by atoms with E-state index < -0.39 is 6.04 Å². The molecule has 0 aliphatic carbocycles. The van der Waals surface area contributed by atoms with Crippen LogP contribution in [0.2, 0.25) is 0 Å². The minimum atomic E-state index is -0.531. The lowest BCUT2D eigenvalue weighted by atomic mass is 9.92. The van der Waals surface area contributed by atoms with Gasteiger partial charge in [0, 0.05) is 13.1 Å². The molecule has 0 aromatic heterocycles. The zero-order chi connectivity index (χ0) is 19.8. The summed E-state index contributed by atoms with van der Waals surface area (Å²) in [6.07, 6.45) is 3.20. The van der Waals surface area contributed by atoms with Crippen molar-refractivity contribution in [1.29, 1.82) is 0 Å². The Kier molecular flexibility index (Phi) is 8.10. The molecule has 0 radical (unpaired) electrons. The Morgan fingerprint density at radius 1 is 1.22 bits per heavy atom. The maximum absolute atomic E-state index is 13.0. The third-order valence-electron chi connectivity index (χ3n) is 5.30. The number of methoxy groups -OCH3 is 1. The van der Waals surface area contributed by atoms with Crippen LogP contribution >= 0.6 is 0 Å². The Bertz CT molecular complexity index is 625. The normalized spacial score (nSPS) is 16.3. The molecule has 1 fully saturated rings. The standard InChI is InChI=1S/C21H33N3O3/c1-15(2)19(23-20(25)17-7-5-6-8-18(17)27-4)21(26)24-13-10-16(11-14-24)9-12-22-3/h5-8,15-16,19,22H,9-14H2,1-4H3,(H,23,25). The molecule has 1 aliphatic heterocycles. The molecule has 1 aromatic rings. The lowest BCUT2D eigenvalue weighted by Gasteiger charge is -2.35. The van der Waals surface area contributed by atoms with Gasteiger partial charge in [0.25, 0.3) is 5.91 Å². The van der Waals surface area contributed by atoms with Gasteiger partial charge in [0.1, 0.15) is 11.8 Å². The molecule has 1 aliphatic rings. The maximum atomic E-state index is 13.0. The first kappa shape index (κ1) is 21.2. The van der Waals surface area contributed by atoms with Gasteiger partial charge < -0.3 is 20.3 Å². The molecule has 0 bridgehead atoms. The molecule has 1 heterocycles. The Balaban J connectivity index is 2.00. The summed E-state index contributed by atoms with van der Waals surface area (Å²) in [6, 6.07) is 6.54. The first-order chi connectivity index (χ1) is 13.0. The second kappa shape index (κ2) is 10.3. The van der Waals surface area contributed by atoms with E-state index in [1.165, 1.54) is 7.11 Å². The van der Waals surface area contributed by atoms with Crippen LogP contribution < -0.4 is 15.4 Å². The Labute approximate surface area is 162 Å². The van der Waals surface area contributed by atoms with Crippen LogP contribution in [-0.4, -0.2) is 56.5 Å². The van der Waals surface area contributed by atoms with Crippen molar-refractivity contribution in [2.24, 2.45) is 11.8 Å². The largest absolute Gasteiger partial charge is 0.496 e. The minimum absolute atomic E-state index is 0.0122. The highest BCUT2D eigenvalue weighted by Gasteiger charge is 2.31. The highest BCUT2D eigenvalue weighted by Crippen LogP contribution is 2.22. The van der Waals surface area contributed by atoms with E-state index in [0.29, 0.717) is 17.2 Å². The molecule has 2 amide bonds. The summed E-state index contributed by atoms with van der Waals surface area (Å²) in [6.45, 7) is 6.47. The summed E-state index contributed by atoms with van der Waals surface area (Å²) >= 11 is 0. The lowest BCUT2D eigenvalue weighted by Crippen LogP contribution is -2.53. The van der Waals surface area contributed by atoms with Gasteiger partial charge in [-0.2, -0.15) is 0 Å². The molecule has 1 saturated heterocycles. The van der Waals surface area contributed by atoms with Crippen molar-refractivity contribution in [3.05, 3.63) is 29.8 Å². The van der Waals surface area contributed by atoms with E-state index in [4.69, 9.17) is 4.74 Å². The van der Waals surface area contributed by atoms with Gasteiger partial charge in [-0.15, -0.1) is 0 Å². The van der Waals surface area contributed by atoms with E-state index in [9.17, 15) is 9.59 Å². The van der Waals surface area contributed by atoms with Crippen molar-refractivity contribution in [2.45, 2.75) is 39.2 Å². The van der Waals surface area contributed by atoms with Crippen molar-refractivity contribution < 1.29 is 14.3 Å². The van der Waals surface area contributed by atoms with Crippen molar-refractivity contribution in [2.75, 3.05) is 33.8 Å². The molecule has 1 atom stereocenters. The monoisotopic (exact) mass is 375 g/mol. The van der Waals surface area contributed by atoms with E-state index in [1.807, 2.05) is 31.9 Å². The minimum Gasteiger partial charge on any atom is -0.496 e. The summed E-state index contributed by atoms with van der Waals surface area (Å²) in [4.78, 5) is 27.7. The van der Waals surface area contributed by atoms with E-state index in [-0.39, 0.29) is 17.7 Å². The number of para-hydroxylation sites is 1. The number of nitrogens with zero attached hydrogens (tertiary/aromatic N) is 1. The van der Waals surface area contributed by atoms with Crippen LogP contribution in [0.25, 0.3) is 0 Å². The molecule has 0 spiro atoms. The molecule has 1 unspecified atom stereocenters. The number of likely N-dealkylation sites (tertiary alicyclic amines) is 1. The fraction of sp³-hybridized carbons (Fsp3) is 0.619. The first-order valence-corrected chi connectivity index (χ1v) is 9.85. The number of nitrogens with one attached hydrogen (secondary N) is 2. The first-order valence-electron chi connectivity index (χ1n) is 9.85. The number of amides is 2. The number of ether oxygens (including phenoxy) is 1. The van der Waals surface area contributed by atoms with Crippen LogP contribution in [0.5, 0.6) is 5.75 Å². The van der Waals surface area contributed by atoms with Gasteiger partial charge in [-0.3, -0.25) is 9.59 Å². The fourth-order valence-corrected chi connectivity index (χ4v) is 3.55. The molecule has 6 nitrogen and oxygen atoms in total. The quantitative estimate of drug-likeness (QED) is 0.731. The molecule has 0 saturated carbocycles. The summed E-state index contributed by atoms with van der Waals surface area (Å²) < 4.78 is 5.27. The maximum Gasteiger partial charge on any atom is 0.255 e. The predicted octanol–water partition coefficient (Wildman–Crippen LogP) is 2.30. The number of rotatable bonds is 8. The van der Waals surface area contributed by atoms with Crippen molar-refractivity contribution in [1.82, 2.24) is 15.5 Å². The molecular weight excluding hydrogens is 342 g/mol. The van der Waals surface area contributed by atoms with Crippen LogP contribution in [0, 0.1) is 11.8 Å². The van der Waals surface area contributed by atoms with Gasteiger partial charge in [-0.25, -0.2) is 0 Å². The Hall–Kier alpha value is -2.08. The average molecular weight is 376 g/mol. The van der Waals surface area contributed by atoms with Gasteiger partial charge in [0.05, 0.1) is 12.7 Å². The van der Waals surface area contributed by atoms with Gasteiger partial charge in [0.2, 0.25) is 5.91 Å². The highest BCUT2D eigenvalue weighted by molar-refractivity contribution is 5.99. The van der Waals surface area contributed by atoms with Gasteiger partial charge in [-0.1, -0.05) is 26.0 Å². The van der Waals surface area contributed by atoms with Crippen LogP contribution in [-0.2, 0) is 4.79 Å². The van der Waals surface area contributed by atoms with E-state index in [0.717, 1.165) is 38.9 Å². The summed E-state index contributed by atoms with van der Waals surface area (Å²) in [5, 5.41) is 6.12. The molecule has 27 heavy (non-hydrogen) atoms. The molecule has 2 rings (SSSR count). The van der Waals surface area contributed by atoms with Gasteiger partial charge in [-0.05, 0) is 56.8 Å². The van der Waals surface area contributed by atoms with Crippen LogP contribution in [0.3, 0.4) is 0 Å². The van der Waals surface area contributed by atoms with E-state index in [2.05, 4.69) is 10.6 Å². The van der Waals surface area contributed by atoms with Crippen LogP contribution in [0.15, 0.2) is 24.3 Å². The molecule has 2 N–H and O–H groups in total. The summed E-state index contributed by atoms with van der Waals surface area (Å²) in [5.74, 6) is 0.930. The van der Waals surface area contributed by atoms with E-state index >= 15 is 0 Å². The molecule has 150 valence electrons. The molecule has 1 aromatic carbocycles. The highest BCUT2D eigenvalue weighted by atomic mass is 16.5. The molecular formula is C21H33N3O3. The third kappa shape index (κ3) is 5.70. The van der Waals surface area contributed by atoms with Crippen molar-refractivity contribution in [3.8, 4) is 5.75 Å². The predicted molar refractivity (Wildman–Crippen MR) is 107 cm³/mol. The second-order valence-corrected chi connectivity index (χ2v) is 7.56. The van der Waals surface area contributed by atoms with Gasteiger partial charge in [0.15, 0.2) is 0 Å². The third-order valence-corrected chi connectivity index (χ3v) is 5.30. The lowest BCUT2D eigenvalue weighted by molar-refractivity contribution is -0.135. The van der Waals surface area contributed by atoms with E-state index in [1.54, 1.807) is 18.2 Å². The SMILES string of the molecule is CNCCC1CCN(C(=O)C(NC(=O)c2ccccc2OC)C(C)C)CC1. The fourth-order valence-electron chi connectivity index (χ4n) is 3.55. The number of piperidine rings is 1. The second-order valence-electron chi connectivity index (χ2n) is 7.56. The van der Waals surface area contributed by atoms with Crippen molar-refractivity contribution in [3.63, 3.8) is 0 Å². The number of carbonyl (C=O) groups excluding carboxylic acids is 2. The zero-order valence-electron chi connectivity index (χ0n) is 17.0. The van der Waals surface area contributed by atoms with Crippen LogP contribution in [0.1, 0.15) is 43.5 Å². The smallest absolute Gasteiger partial charge is 0.255 e. The summed E-state index contributed by atoms with van der Waals surface area (Å²) in [7, 11) is 3.51. The van der Waals surface area contributed by atoms with Crippen LogP contribution in [0.4, 0.5) is 0 Å². The number of hydrogen-bond acceptors (Lipinski definition) is 4. The zero-order valence-corrected chi connectivity index (χ0v) is 17.0.